The molecule has 1 N–H and O–H groups in total. The predicted octanol–water partition coefficient (Wildman–Crippen LogP) is 5.28. The lowest BCUT2D eigenvalue weighted by Gasteiger charge is -2.13. The zero-order valence-electron chi connectivity index (χ0n) is 16.6. The summed E-state index contributed by atoms with van der Waals surface area (Å²) in [4.78, 5) is 35.8. The van der Waals surface area contributed by atoms with Crippen LogP contribution in [0, 0.1) is 10.1 Å². The Morgan fingerprint density at radius 1 is 1.09 bits per heavy atom. The Balaban J connectivity index is 1.75. The van der Waals surface area contributed by atoms with Crippen molar-refractivity contribution in [3.63, 3.8) is 0 Å². The SMILES string of the molecule is COc1ccc(-c2cc3ccccc3oc2=O)cc1NC(=O)c1cc([N+](=O)[O-])ccc1Cl. The summed E-state index contributed by atoms with van der Waals surface area (Å²) in [5.74, 6) is -0.339. The third-order valence-electron chi connectivity index (χ3n) is 4.81. The highest BCUT2D eigenvalue weighted by molar-refractivity contribution is 6.34. The van der Waals surface area contributed by atoms with Crippen LogP contribution in [0.2, 0.25) is 5.02 Å². The van der Waals surface area contributed by atoms with Crippen LogP contribution in [0.4, 0.5) is 11.4 Å². The first kappa shape index (κ1) is 21.1. The number of rotatable bonds is 5. The van der Waals surface area contributed by atoms with E-state index in [1.807, 2.05) is 12.1 Å². The summed E-state index contributed by atoms with van der Waals surface area (Å²) >= 11 is 6.07. The number of benzene rings is 3. The van der Waals surface area contributed by atoms with E-state index in [4.69, 9.17) is 20.8 Å². The largest absolute Gasteiger partial charge is 0.495 e. The predicted molar refractivity (Wildman–Crippen MR) is 121 cm³/mol. The van der Waals surface area contributed by atoms with Crippen LogP contribution < -0.4 is 15.7 Å². The summed E-state index contributed by atoms with van der Waals surface area (Å²) in [6.07, 6.45) is 0. The molecule has 0 aliphatic carbocycles. The summed E-state index contributed by atoms with van der Waals surface area (Å²) in [5.41, 5.74) is 0.634. The smallest absolute Gasteiger partial charge is 0.344 e. The van der Waals surface area contributed by atoms with Crippen LogP contribution in [0.15, 0.2) is 75.9 Å². The fraction of sp³-hybridized carbons (Fsp3) is 0.0435. The first-order valence-electron chi connectivity index (χ1n) is 9.34. The molecule has 1 amide bonds. The van der Waals surface area contributed by atoms with Gasteiger partial charge in [0.1, 0.15) is 11.3 Å². The summed E-state index contributed by atoms with van der Waals surface area (Å²) in [7, 11) is 1.43. The fourth-order valence-electron chi connectivity index (χ4n) is 3.23. The van der Waals surface area contributed by atoms with Crippen LogP contribution in [-0.2, 0) is 0 Å². The van der Waals surface area contributed by atoms with Crippen LogP contribution in [-0.4, -0.2) is 17.9 Å². The highest BCUT2D eigenvalue weighted by Gasteiger charge is 2.18. The number of carbonyl (C=O) groups is 1. The van der Waals surface area contributed by atoms with Gasteiger partial charge in [0.15, 0.2) is 0 Å². The molecule has 0 radical (unpaired) electrons. The average Bonchev–Trinajstić information content (AvgIpc) is 2.78. The standard InChI is InChI=1S/C23H15ClN2O6/c1-31-21-9-6-13(16-10-14-4-2-3-5-20(14)32-23(16)28)11-19(21)25-22(27)17-12-15(26(29)30)7-8-18(17)24/h2-12H,1H3,(H,25,27). The lowest BCUT2D eigenvalue weighted by Crippen LogP contribution is -2.14. The van der Waals surface area contributed by atoms with E-state index in [0.717, 1.165) is 11.5 Å². The maximum Gasteiger partial charge on any atom is 0.344 e. The van der Waals surface area contributed by atoms with Crippen molar-refractivity contribution in [1.29, 1.82) is 0 Å². The molecule has 0 bridgehead atoms. The maximum atomic E-state index is 12.8. The minimum atomic E-state index is -0.667. The van der Waals surface area contributed by atoms with Crippen molar-refractivity contribution >= 4 is 39.9 Å². The number of nitro benzene ring substituents is 1. The summed E-state index contributed by atoms with van der Waals surface area (Å²) < 4.78 is 10.7. The van der Waals surface area contributed by atoms with Gasteiger partial charge in [0.25, 0.3) is 11.6 Å². The number of para-hydroxylation sites is 1. The van der Waals surface area contributed by atoms with E-state index >= 15 is 0 Å². The molecule has 4 rings (SSSR count). The number of nitrogens with zero attached hydrogens (tertiary/aromatic N) is 1. The molecule has 0 atom stereocenters. The van der Waals surface area contributed by atoms with Crippen molar-refractivity contribution in [3.8, 4) is 16.9 Å². The van der Waals surface area contributed by atoms with Gasteiger partial charge >= 0.3 is 5.63 Å². The van der Waals surface area contributed by atoms with Gasteiger partial charge in [-0.25, -0.2) is 4.79 Å². The van der Waals surface area contributed by atoms with Gasteiger partial charge in [-0.3, -0.25) is 14.9 Å². The number of carbonyl (C=O) groups excluding carboxylic acids is 1. The number of nitro groups is 1. The van der Waals surface area contributed by atoms with E-state index in [1.165, 1.54) is 19.2 Å². The number of anilines is 1. The molecule has 0 aliphatic heterocycles. The second-order valence-electron chi connectivity index (χ2n) is 6.78. The Kier molecular flexibility index (Phi) is 5.61. The molecule has 0 aliphatic rings. The molecule has 4 aromatic rings. The van der Waals surface area contributed by atoms with E-state index < -0.39 is 16.5 Å². The van der Waals surface area contributed by atoms with Crippen LogP contribution in [0.25, 0.3) is 22.1 Å². The van der Waals surface area contributed by atoms with Gasteiger partial charge < -0.3 is 14.5 Å². The molecule has 1 aromatic heterocycles. The van der Waals surface area contributed by atoms with E-state index in [0.29, 0.717) is 22.5 Å². The summed E-state index contributed by atoms with van der Waals surface area (Å²) in [6, 6.07) is 17.2. The minimum absolute atomic E-state index is 0.0541. The molecular formula is C23H15ClN2O6. The third kappa shape index (κ3) is 4.03. The van der Waals surface area contributed by atoms with E-state index in [9.17, 15) is 19.7 Å². The lowest BCUT2D eigenvalue weighted by atomic mass is 10.0. The van der Waals surface area contributed by atoms with Gasteiger partial charge in [0.2, 0.25) is 0 Å². The molecule has 0 spiro atoms. The molecule has 0 fully saturated rings. The monoisotopic (exact) mass is 450 g/mol. The second kappa shape index (κ2) is 8.52. The molecule has 3 aromatic carbocycles. The van der Waals surface area contributed by atoms with E-state index in [2.05, 4.69) is 5.32 Å². The first-order chi connectivity index (χ1) is 15.4. The molecule has 8 nitrogen and oxygen atoms in total. The van der Waals surface area contributed by atoms with E-state index in [-0.39, 0.29) is 22.0 Å². The number of halogens is 1. The molecule has 0 saturated heterocycles. The zero-order valence-corrected chi connectivity index (χ0v) is 17.4. The van der Waals surface area contributed by atoms with Gasteiger partial charge in [-0.2, -0.15) is 0 Å². The number of ether oxygens (including phenoxy) is 1. The van der Waals surface area contributed by atoms with Crippen LogP contribution in [0.1, 0.15) is 10.4 Å². The Hall–Kier alpha value is -4.17. The Morgan fingerprint density at radius 2 is 1.88 bits per heavy atom. The second-order valence-corrected chi connectivity index (χ2v) is 7.18. The van der Waals surface area contributed by atoms with Gasteiger partial charge in [0, 0.05) is 17.5 Å². The number of hydrogen-bond acceptors (Lipinski definition) is 6. The lowest BCUT2D eigenvalue weighted by molar-refractivity contribution is -0.384. The summed E-state index contributed by atoms with van der Waals surface area (Å²) in [6.45, 7) is 0. The number of fused-ring (bicyclic) bond motifs is 1. The molecule has 0 saturated carbocycles. The van der Waals surface area contributed by atoms with Crippen LogP contribution >= 0.6 is 11.6 Å². The number of amides is 1. The Morgan fingerprint density at radius 3 is 2.62 bits per heavy atom. The number of hydrogen-bond donors (Lipinski definition) is 1. The van der Waals surface area contributed by atoms with Gasteiger partial charge in [-0.05, 0) is 35.9 Å². The first-order valence-corrected chi connectivity index (χ1v) is 9.72. The van der Waals surface area contributed by atoms with Crippen molar-refractivity contribution in [1.82, 2.24) is 0 Å². The average molecular weight is 451 g/mol. The van der Waals surface area contributed by atoms with Crippen molar-refractivity contribution in [2.45, 2.75) is 0 Å². The molecule has 1 heterocycles. The Labute approximate surface area is 186 Å². The highest BCUT2D eigenvalue weighted by atomic mass is 35.5. The van der Waals surface area contributed by atoms with Crippen molar-refractivity contribution in [2.24, 2.45) is 0 Å². The normalized spacial score (nSPS) is 10.7. The molecule has 32 heavy (non-hydrogen) atoms. The van der Waals surface area contributed by atoms with E-state index in [1.54, 1.807) is 36.4 Å². The van der Waals surface area contributed by atoms with Crippen LogP contribution in [0.5, 0.6) is 5.75 Å². The van der Waals surface area contributed by atoms with Gasteiger partial charge in [-0.1, -0.05) is 35.9 Å². The summed E-state index contributed by atoms with van der Waals surface area (Å²) in [5, 5.41) is 14.5. The zero-order chi connectivity index (χ0) is 22.8. The minimum Gasteiger partial charge on any atom is -0.495 e. The topological polar surface area (TPSA) is 112 Å². The number of methoxy groups -OCH3 is 1. The molecule has 0 unspecified atom stereocenters. The van der Waals surface area contributed by atoms with Gasteiger partial charge in [0.05, 0.1) is 33.9 Å². The number of non-ortho nitro benzene ring substituents is 1. The maximum absolute atomic E-state index is 12.8. The highest BCUT2D eigenvalue weighted by Crippen LogP contribution is 2.32. The van der Waals surface area contributed by atoms with Crippen molar-refractivity contribution < 1.29 is 18.9 Å². The van der Waals surface area contributed by atoms with Crippen molar-refractivity contribution in [3.05, 3.63) is 97.9 Å². The number of nitrogens with one attached hydrogen (secondary N) is 1. The fourth-order valence-corrected chi connectivity index (χ4v) is 3.43. The molecule has 9 heteroatoms. The van der Waals surface area contributed by atoms with Gasteiger partial charge in [-0.15, -0.1) is 0 Å². The third-order valence-corrected chi connectivity index (χ3v) is 5.14. The molecule has 160 valence electrons. The van der Waals surface area contributed by atoms with Crippen LogP contribution in [0.3, 0.4) is 0 Å². The van der Waals surface area contributed by atoms with Crippen molar-refractivity contribution in [2.75, 3.05) is 12.4 Å². The molecular weight excluding hydrogens is 436 g/mol. The quantitative estimate of drug-likeness (QED) is 0.251. The Bertz CT molecular complexity index is 1430.